The monoisotopic (exact) mass is 437 g/mol. The molecule has 1 aliphatic carbocycles. The molecule has 0 bridgehead atoms. The van der Waals surface area contributed by atoms with E-state index in [1.807, 2.05) is 18.2 Å². The highest BCUT2D eigenvalue weighted by Crippen LogP contribution is 2.30. The van der Waals surface area contributed by atoms with Crippen molar-refractivity contribution in [2.75, 3.05) is 6.61 Å². The van der Waals surface area contributed by atoms with Gasteiger partial charge in [-0.2, -0.15) is 0 Å². The first-order valence-electron chi connectivity index (χ1n) is 10.3. The number of aryl methyl sites for hydroxylation is 2. The number of nitrogens with one attached hydrogen (secondary N) is 1. The van der Waals surface area contributed by atoms with Crippen molar-refractivity contribution in [1.29, 1.82) is 0 Å². The fourth-order valence-corrected chi connectivity index (χ4v) is 4.38. The number of halogens is 1. The van der Waals surface area contributed by atoms with Crippen LogP contribution in [-0.4, -0.2) is 27.2 Å². The van der Waals surface area contributed by atoms with Crippen molar-refractivity contribution in [3.63, 3.8) is 0 Å². The maximum Gasteiger partial charge on any atom is 0.257 e. The number of fused-ring (bicyclic) bond motifs is 1. The molecule has 0 unspecified atom stereocenters. The van der Waals surface area contributed by atoms with E-state index >= 15 is 0 Å². The molecule has 31 heavy (non-hydrogen) atoms. The van der Waals surface area contributed by atoms with Crippen molar-refractivity contribution in [3.8, 4) is 11.4 Å². The number of hydrogen-bond donors (Lipinski definition) is 2. The summed E-state index contributed by atoms with van der Waals surface area (Å²) < 4.78 is 1.37. The van der Waals surface area contributed by atoms with Gasteiger partial charge in [-0.1, -0.05) is 48.0 Å². The average molecular weight is 438 g/mol. The van der Waals surface area contributed by atoms with E-state index < -0.39 is 0 Å². The SMILES string of the molecule is Cc1nc(-c2cccc(Cl)c2)n(CC(=O)N[C@@H]2CCc3ccccc32)c(=O)c1CCO. The summed E-state index contributed by atoms with van der Waals surface area (Å²) in [6, 6.07) is 15.1. The van der Waals surface area contributed by atoms with Crippen LogP contribution in [0.3, 0.4) is 0 Å². The molecule has 0 saturated carbocycles. The third kappa shape index (κ3) is 4.40. The lowest BCUT2D eigenvalue weighted by atomic mass is 10.1. The zero-order valence-electron chi connectivity index (χ0n) is 17.3. The van der Waals surface area contributed by atoms with Crippen LogP contribution in [-0.2, 0) is 24.2 Å². The van der Waals surface area contributed by atoms with Crippen LogP contribution in [0.1, 0.15) is 34.8 Å². The van der Waals surface area contributed by atoms with Crippen molar-refractivity contribution in [2.24, 2.45) is 0 Å². The van der Waals surface area contributed by atoms with Gasteiger partial charge in [-0.05, 0) is 43.0 Å². The zero-order valence-corrected chi connectivity index (χ0v) is 18.0. The molecule has 1 atom stereocenters. The summed E-state index contributed by atoms with van der Waals surface area (Å²) in [7, 11) is 0. The highest BCUT2D eigenvalue weighted by atomic mass is 35.5. The van der Waals surface area contributed by atoms with Gasteiger partial charge in [-0.3, -0.25) is 14.2 Å². The second-order valence-electron chi connectivity index (χ2n) is 7.73. The Labute approximate surface area is 185 Å². The lowest BCUT2D eigenvalue weighted by Crippen LogP contribution is -2.36. The molecular weight excluding hydrogens is 414 g/mol. The van der Waals surface area contributed by atoms with Crippen LogP contribution in [0.5, 0.6) is 0 Å². The van der Waals surface area contributed by atoms with Crippen molar-refractivity contribution < 1.29 is 9.90 Å². The van der Waals surface area contributed by atoms with E-state index in [2.05, 4.69) is 16.4 Å². The van der Waals surface area contributed by atoms with Gasteiger partial charge in [-0.15, -0.1) is 0 Å². The lowest BCUT2D eigenvalue weighted by molar-refractivity contribution is -0.122. The van der Waals surface area contributed by atoms with Gasteiger partial charge in [0.15, 0.2) is 0 Å². The molecule has 3 aromatic rings. The second kappa shape index (κ2) is 9.04. The number of aliphatic hydroxyl groups excluding tert-OH is 1. The number of carbonyl (C=O) groups excluding carboxylic acids is 1. The normalized spacial score (nSPS) is 15.0. The molecular formula is C24H24ClN3O3. The number of hydrogen-bond acceptors (Lipinski definition) is 4. The van der Waals surface area contributed by atoms with Gasteiger partial charge in [0.25, 0.3) is 5.56 Å². The Morgan fingerprint density at radius 3 is 2.84 bits per heavy atom. The minimum Gasteiger partial charge on any atom is -0.396 e. The first-order chi connectivity index (χ1) is 15.0. The number of nitrogens with zero attached hydrogens (tertiary/aromatic N) is 2. The van der Waals surface area contributed by atoms with Gasteiger partial charge in [0.2, 0.25) is 5.91 Å². The van der Waals surface area contributed by atoms with E-state index in [0.717, 1.165) is 18.4 Å². The molecule has 160 valence electrons. The Hall–Kier alpha value is -2.96. The van der Waals surface area contributed by atoms with E-state index in [0.29, 0.717) is 27.7 Å². The largest absolute Gasteiger partial charge is 0.396 e. The number of benzene rings is 2. The summed E-state index contributed by atoms with van der Waals surface area (Å²) in [4.78, 5) is 30.8. The van der Waals surface area contributed by atoms with Gasteiger partial charge < -0.3 is 10.4 Å². The summed E-state index contributed by atoms with van der Waals surface area (Å²) in [5, 5.41) is 13.0. The predicted octanol–water partition coefficient (Wildman–Crippen LogP) is 3.21. The topological polar surface area (TPSA) is 84.2 Å². The lowest BCUT2D eigenvalue weighted by Gasteiger charge is -2.18. The first-order valence-corrected chi connectivity index (χ1v) is 10.7. The van der Waals surface area contributed by atoms with E-state index in [-0.39, 0.29) is 37.1 Å². The Bertz CT molecular complexity index is 1190. The molecule has 0 fully saturated rings. The van der Waals surface area contributed by atoms with Crippen LogP contribution in [0, 0.1) is 6.92 Å². The first kappa shape index (κ1) is 21.3. The standard InChI is InChI=1S/C24H24ClN3O3/c1-15-19(11-12-29)24(31)28(23(26-15)17-6-4-7-18(25)13-17)14-22(30)27-21-10-9-16-5-2-3-8-20(16)21/h2-8,13,21,29H,9-12,14H2,1H3,(H,27,30)/t21-/m1/s1. The van der Waals surface area contributed by atoms with Crippen LogP contribution in [0.2, 0.25) is 5.02 Å². The summed E-state index contributed by atoms with van der Waals surface area (Å²) >= 11 is 6.15. The maximum atomic E-state index is 13.2. The predicted molar refractivity (Wildman–Crippen MR) is 120 cm³/mol. The third-order valence-electron chi connectivity index (χ3n) is 5.68. The quantitative estimate of drug-likeness (QED) is 0.620. The van der Waals surface area contributed by atoms with Crippen LogP contribution < -0.4 is 10.9 Å². The number of aromatic nitrogens is 2. The van der Waals surface area contributed by atoms with E-state index in [1.54, 1.807) is 31.2 Å². The molecule has 0 aliphatic heterocycles. The smallest absolute Gasteiger partial charge is 0.257 e. The summed E-state index contributed by atoms with van der Waals surface area (Å²) in [5.74, 6) is 0.126. The van der Waals surface area contributed by atoms with E-state index in [9.17, 15) is 14.7 Å². The number of rotatable bonds is 6. The Balaban J connectivity index is 1.68. The Kier molecular flexibility index (Phi) is 6.20. The van der Waals surface area contributed by atoms with Crippen LogP contribution in [0.15, 0.2) is 53.3 Å². The van der Waals surface area contributed by atoms with E-state index in [4.69, 9.17) is 11.6 Å². The molecule has 2 N–H and O–H groups in total. The van der Waals surface area contributed by atoms with Crippen LogP contribution in [0.25, 0.3) is 11.4 Å². The van der Waals surface area contributed by atoms with Gasteiger partial charge in [0.05, 0.1) is 6.04 Å². The molecule has 0 spiro atoms. The van der Waals surface area contributed by atoms with Crippen molar-refractivity contribution in [3.05, 3.63) is 86.3 Å². The second-order valence-corrected chi connectivity index (χ2v) is 8.17. The number of aliphatic hydroxyl groups is 1. The molecule has 2 aromatic carbocycles. The average Bonchev–Trinajstić information content (AvgIpc) is 3.16. The highest BCUT2D eigenvalue weighted by Gasteiger charge is 2.24. The molecule has 7 heteroatoms. The third-order valence-corrected chi connectivity index (χ3v) is 5.92. The molecule has 1 amide bonds. The number of carbonyl (C=O) groups is 1. The summed E-state index contributed by atoms with van der Waals surface area (Å²) in [6.45, 7) is 1.41. The zero-order chi connectivity index (χ0) is 22.0. The van der Waals surface area contributed by atoms with Gasteiger partial charge in [-0.25, -0.2) is 4.98 Å². The minimum atomic E-state index is -0.321. The number of amides is 1. The molecule has 6 nitrogen and oxygen atoms in total. The molecule has 0 saturated heterocycles. The highest BCUT2D eigenvalue weighted by molar-refractivity contribution is 6.30. The van der Waals surface area contributed by atoms with Crippen molar-refractivity contribution in [1.82, 2.24) is 14.9 Å². The molecule has 1 aliphatic rings. The molecule has 1 aromatic heterocycles. The minimum absolute atomic E-state index is 0.0654. The van der Waals surface area contributed by atoms with Crippen LogP contribution >= 0.6 is 11.6 Å². The van der Waals surface area contributed by atoms with Crippen LogP contribution in [0.4, 0.5) is 0 Å². The summed E-state index contributed by atoms with van der Waals surface area (Å²) in [6.07, 6.45) is 1.94. The fourth-order valence-electron chi connectivity index (χ4n) is 4.19. The summed E-state index contributed by atoms with van der Waals surface area (Å²) in [5.41, 5.74) is 3.65. The Morgan fingerprint density at radius 2 is 2.06 bits per heavy atom. The molecule has 1 heterocycles. The fraction of sp³-hybridized carbons (Fsp3) is 0.292. The molecule has 4 rings (SSSR count). The van der Waals surface area contributed by atoms with Gasteiger partial charge in [0.1, 0.15) is 12.4 Å². The van der Waals surface area contributed by atoms with Crippen molar-refractivity contribution >= 4 is 17.5 Å². The van der Waals surface area contributed by atoms with E-state index in [1.165, 1.54) is 10.1 Å². The van der Waals surface area contributed by atoms with Gasteiger partial charge in [0, 0.05) is 34.9 Å². The molecule has 0 radical (unpaired) electrons. The van der Waals surface area contributed by atoms with Crippen molar-refractivity contribution in [2.45, 2.75) is 38.8 Å². The van der Waals surface area contributed by atoms with Gasteiger partial charge >= 0.3 is 0 Å². The Morgan fingerprint density at radius 1 is 1.26 bits per heavy atom. The maximum absolute atomic E-state index is 13.2.